The van der Waals surface area contributed by atoms with E-state index in [1.807, 2.05) is 48.5 Å². The highest BCUT2D eigenvalue weighted by atomic mass is 16.1. The lowest BCUT2D eigenvalue weighted by molar-refractivity contribution is -0.120. The van der Waals surface area contributed by atoms with E-state index in [0.29, 0.717) is 0 Å². The summed E-state index contributed by atoms with van der Waals surface area (Å²) in [6, 6.07) is 15.8. The summed E-state index contributed by atoms with van der Waals surface area (Å²) in [5.41, 5.74) is 2.01. The van der Waals surface area contributed by atoms with Crippen LogP contribution in [0.2, 0.25) is 0 Å². The summed E-state index contributed by atoms with van der Waals surface area (Å²) < 4.78 is 0. The van der Waals surface area contributed by atoms with Crippen LogP contribution in [0.1, 0.15) is 37.1 Å². The Hall–Kier alpha value is -2.20. The zero-order valence-electron chi connectivity index (χ0n) is 13.0. The topological polar surface area (TPSA) is 54.0 Å². The fourth-order valence-corrected chi connectivity index (χ4v) is 2.25. The number of rotatable bonds is 8. The number of aromatic nitrogens is 1. The quantitative estimate of drug-likeness (QED) is 0.737. The lowest BCUT2D eigenvalue weighted by atomic mass is 10.0. The van der Waals surface area contributed by atoms with Gasteiger partial charge in [-0.25, -0.2) is 0 Å². The van der Waals surface area contributed by atoms with Crippen molar-refractivity contribution in [3.05, 3.63) is 66.0 Å². The van der Waals surface area contributed by atoms with E-state index in [1.54, 1.807) is 6.20 Å². The molecule has 2 aromatic rings. The maximum absolute atomic E-state index is 11.9. The Kier molecular flexibility index (Phi) is 6.58. The fourth-order valence-electron chi connectivity index (χ4n) is 2.25. The van der Waals surface area contributed by atoms with Crippen LogP contribution < -0.4 is 10.6 Å². The van der Waals surface area contributed by atoms with E-state index in [9.17, 15) is 4.79 Å². The number of carbonyl (C=O) groups is 1. The van der Waals surface area contributed by atoms with Gasteiger partial charge in [0.1, 0.15) is 0 Å². The van der Waals surface area contributed by atoms with E-state index in [1.165, 1.54) is 0 Å². The van der Waals surface area contributed by atoms with Gasteiger partial charge in [0, 0.05) is 12.7 Å². The zero-order chi connectivity index (χ0) is 15.6. The van der Waals surface area contributed by atoms with Gasteiger partial charge in [-0.05, 0) is 24.1 Å². The lowest BCUT2D eigenvalue weighted by Crippen LogP contribution is -2.36. The van der Waals surface area contributed by atoms with Crippen LogP contribution in [0.5, 0.6) is 0 Å². The second-order valence-corrected chi connectivity index (χ2v) is 5.18. The highest BCUT2D eigenvalue weighted by molar-refractivity contribution is 5.78. The van der Waals surface area contributed by atoms with Crippen LogP contribution in [0.4, 0.5) is 0 Å². The van der Waals surface area contributed by atoms with Crippen molar-refractivity contribution in [2.24, 2.45) is 0 Å². The van der Waals surface area contributed by atoms with Gasteiger partial charge in [-0.1, -0.05) is 49.7 Å². The highest BCUT2D eigenvalue weighted by Gasteiger charge is 2.15. The number of pyridine rings is 1. The van der Waals surface area contributed by atoms with Gasteiger partial charge in [0.25, 0.3) is 0 Å². The largest absolute Gasteiger partial charge is 0.355 e. The molecule has 1 unspecified atom stereocenters. The van der Waals surface area contributed by atoms with Crippen LogP contribution in [-0.2, 0) is 4.79 Å². The number of unbranched alkanes of at least 4 members (excludes halogenated alkanes) is 1. The summed E-state index contributed by atoms with van der Waals surface area (Å²) in [7, 11) is 0. The minimum absolute atomic E-state index is 0.0188. The van der Waals surface area contributed by atoms with Crippen molar-refractivity contribution in [1.82, 2.24) is 15.6 Å². The van der Waals surface area contributed by atoms with Gasteiger partial charge in [-0.15, -0.1) is 0 Å². The Labute approximate surface area is 132 Å². The number of carbonyl (C=O) groups excluding carboxylic acids is 1. The number of nitrogens with zero attached hydrogens (tertiary/aromatic N) is 1. The third-order valence-electron chi connectivity index (χ3n) is 3.44. The van der Waals surface area contributed by atoms with Crippen molar-refractivity contribution in [2.45, 2.75) is 25.8 Å². The van der Waals surface area contributed by atoms with Crippen LogP contribution in [0.3, 0.4) is 0 Å². The van der Waals surface area contributed by atoms with E-state index >= 15 is 0 Å². The molecule has 4 heteroatoms. The highest BCUT2D eigenvalue weighted by Crippen LogP contribution is 2.19. The van der Waals surface area contributed by atoms with Crippen LogP contribution in [-0.4, -0.2) is 24.0 Å². The summed E-state index contributed by atoms with van der Waals surface area (Å²) in [6.07, 6.45) is 3.86. The van der Waals surface area contributed by atoms with Crippen LogP contribution in [0.25, 0.3) is 0 Å². The van der Waals surface area contributed by atoms with Crippen molar-refractivity contribution in [3.63, 3.8) is 0 Å². The first-order chi connectivity index (χ1) is 10.8. The number of benzene rings is 1. The van der Waals surface area contributed by atoms with Gasteiger partial charge < -0.3 is 5.32 Å². The molecule has 1 aromatic carbocycles. The van der Waals surface area contributed by atoms with Gasteiger partial charge in [0.15, 0.2) is 0 Å². The van der Waals surface area contributed by atoms with Gasteiger partial charge in [0.05, 0.1) is 18.3 Å². The summed E-state index contributed by atoms with van der Waals surface area (Å²) >= 11 is 0. The molecule has 0 saturated carbocycles. The smallest absolute Gasteiger partial charge is 0.233 e. The average molecular weight is 297 g/mol. The fraction of sp³-hybridized carbons (Fsp3) is 0.333. The normalized spacial score (nSPS) is 11.9. The summed E-state index contributed by atoms with van der Waals surface area (Å²) in [6.45, 7) is 3.12. The minimum Gasteiger partial charge on any atom is -0.355 e. The van der Waals surface area contributed by atoms with E-state index in [4.69, 9.17) is 0 Å². The molecular weight excluding hydrogens is 274 g/mol. The van der Waals surface area contributed by atoms with Gasteiger partial charge in [0.2, 0.25) is 5.91 Å². The van der Waals surface area contributed by atoms with Crippen LogP contribution in [0, 0.1) is 0 Å². The van der Waals surface area contributed by atoms with Gasteiger partial charge in [-0.3, -0.25) is 15.1 Å². The Balaban J connectivity index is 2.02. The molecule has 0 bridgehead atoms. The summed E-state index contributed by atoms with van der Waals surface area (Å²) in [4.78, 5) is 16.3. The molecule has 2 rings (SSSR count). The molecule has 0 fully saturated rings. The average Bonchev–Trinajstić information content (AvgIpc) is 2.57. The van der Waals surface area contributed by atoms with Crippen molar-refractivity contribution in [2.75, 3.05) is 13.1 Å². The molecule has 0 aliphatic heterocycles. The molecule has 4 nitrogen and oxygen atoms in total. The molecule has 22 heavy (non-hydrogen) atoms. The lowest BCUT2D eigenvalue weighted by Gasteiger charge is -2.18. The van der Waals surface area contributed by atoms with E-state index in [0.717, 1.165) is 30.6 Å². The molecule has 1 aromatic heterocycles. The number of hydrogen-bond donors (Lipinski definition) is 2. The van der Waals surface area contributed by atoms with E-state index in [2.05, 4.69) is 22.5 Å². The minimum atomic E-state index is -0.0840. The molecule has 0 aliphatic rings. The molecule has 0 spiro atoms. The Morgan fingerprint density at radius 1 is 1.14 bits per heavy atom. The third-order valence-corrected chi connectivity index (χ3v) is 3.44. The zero-order valence-corrected chi connectivity index (χ0v) is 13.0. The Morgan fingerprint density at radius 3 is 2.59 bits per heavy atom. The van der Waals surface area contributed by atoms with Crippen molar-refractivity contribution < 1.29 is 4.79 Å². The molecule has 1 atom stereocenters. The SMILES string of the molecule is CCCCNC(=O)CNC(c1ccccc1)c1ccccn1. The van der Waals surface area contributed by atoms with Gasteiger partial charge >= 0.3 is 0 Å². The first-order valence-electron chi connectivity index (χ1n) is 7.77. The molecule has 2 N–H and O–H groups in total. The molecule has 0 aliphatic carbocycles. The third kappa shape index (κ3) is 4.97. The second kappa shape index (κ2) is 8.95. The summed E-state index contributed by atoms with van der Waals surface area (Å²) in [5.74, 6) is 0.0188. The van der Waals surface area contributed by atoms with E-state index in [-0.39, 0.29) is 18.5 Å². The predicted octanol–water partition coefficient (Wildman–Crippen LogP) is 2.68. The monoisotopic (exact) mass is 297 g/mol. The molecule has 1 heterocycles. The maximum atomic E-state index is 11.9. The number of amides is 1. The molecule has 1 amide bonds. The Bertz CT molecular complexity index is 518. The number of hydrogen-bond acceptors (Lipinski definition) is 3. The molecule has 116 valence electrons. The Morgan fingerprint density at radius 2 is 1.91 bits per heavy atom. The van der Waals surface area contributed by atoms with Crippen molar-refractivity contribution in [3.8, 4) is 0 Å². The molecule has 0 radical (unpaired) electrons. The van der Waals surface area contributed by atoms with Crippen molar-refractivity contribution in [1.29, 1.82) is 0 Å². The summed E-state index contributed by atoms with van der Waals surface area (Å²) in [5, 5.41) is 6.22. The first-order valence-corrected chi connectivity index (χ1v) is 7.77. The van der Waals surface area contributed by atoms with Crippen LogP contribution >= 0.6 is 0 Å². The first kappa shape index (κ1) is 16.2. The molecule has 0 saturated heterocycles. The standard InChI is InChI=1S/C18H23N3O/c1-2-3-12-20-17(22)14-21-18(15-9-5-4-6-10-15)16-11-7-8-13-19-16/h4-11,13,18,21H,2-3,12,14H2,1H3,(H,20,22). The second-order valence-electron chi connectivity index (χ2n) is 5.18. The van der Waals surface area contributed by atoms with Crippen LogP contribution in [0.15, 0.2) is 54.7 Å². The van der Waals surface area contributed by atoms with Gasteiger partial charge in [-0.2, -0.15) is 0 Å². The van der Waals surface area contributed by atoms with Crippen molar-refractivity contribution >= 4 is 5.91 Å². The maximum Gasteiger partial charge on any atom is 0.233 e. The predicted molar refractivity (Wildman–Crippen MR) is 88.4 cm³/mol. The molecular formula is C18H23N3O. The number of nitrogens with one attached hydrogen (secondary N) is 2. The van der Waals surface area contributed by atoms with E-state index < -0.39 is 0 Å².